The quantitative estimate of drug-likeness (QED) is 0.644. The van der Waals surface area contributed by atoms with Gasteiger partial charge in [0.25, 0.3) is 0 Å². The molecule has 1 aromatic carbocycles. The average Bonchev–Trinajstić information content (AvgIpc) is 3.48. The van der Waals surface area contributed by atoms with Crippen molar-refractivity contribution in [1.29, 1.82) is 0 Å². The van der Waals surface area contributed by atoms with Crippen LogP contribution in [0.2, 0.25) is 0 Å². The first kappa shape index (κ1) is 18.7. The molecule has 0 radical (unpaired) electrons. The third-order valence-electron chi connectivity index (χ3n) is 6.12. The van der Waals surface area contributed by atoms with Crippen LogP contribution in [0.4, 0.5) is 0 Å². The van der Waals surface area contributed by atoms with Gasteiger partial charge in [-0.1, -0.05) is 31.0 Å². The molecular weight excluding hydrogens is 374 g/mol. The zero-order chi connectivity index (χ0) is 20.3. The van der Waals surface area contributed by atoms with Gasteiger partial charge in [-0.3, -0.25) is 9.79 Å². The van der Waals surface area contributed by atoms with Crippen molar-refractivity contribution < 1.29 is 4.42 Å². The maximum atomic E-state index is 12.4. The predicted octanol–water partition coefficient (Wildman–Crippen LogP) is 4.86. The van der Waals surface area contributed by atoms with E-state index in [-0.39, 0.29) is 5.43 Å². The van der Waals surface area contributed by atoms with Crippen LogP contribution in [0.15, 0.2) is 69.5 Å². The standard InChI is InChI=1S/C25H25N3O2/c29-25-10-22(28-15-24(25)20-7-8-30-16-20)14-27-13-21-12-26-11-19-6-5-18(9-23(19)21)17-3-1-2-4-17/h5-11,13,15-17,27H,1-4,12,14H2,(H,28,29). The van der Waals surface area contributed by atoms with Crippen LogP contribution in [-0.4, -0.2) is 17.7 Å². The summed E-state index contributed by atoms with van der Waals surface area (Å²) in [4.78, 5) is 20.1. The summed E-state index contributed by atoms with van der Waals surface area (Å²) >= 11 is 0. The number of aromatic nitrogens is 1. The molecule has 152 valence electrons. The Hall–Kier alpha value is -3.34. The fourth-order valence-corrected chi connectivity index (χ4v) is 4.47. The number of aromatic amines is 1. The Balaban J connectivity index is 1.32. The molecule has 2 aliphatic rings. The van der Waals surface area contributed by atoms with Crippen molar-refractivity contribution >= 4 is 11.8 Å². The highest BCUT2D eigenvalue weighted by atomic mass is 16.3. The summed E-state index contributed by atoms with van der Waals surface area (Å²) in [5.74, 6) is 0.696. The van der Waals surface area contributed by atoms with E-state index in [2.05, 4.69) is 33.5 Å². The van der Waals surface area contributed by atoms with Crippen LogP contribution in [-0.2, 0) is 6.54 Å². The van der Waals surface area contributed by atoms with Crippen molar-refractivity contribution in [3.63, 3.8) is 0 Å². The van der Waals surface area contributed by atoms with Crippen molar-refractivity contribution in [2.24, 2.45) is 4.99 Å². The molecule has 30 heavy (non-hydrogen) atoms. The number of nitrogens with one attached hydrogen (secondary N) is 2. The van der Waals surface area contributed by atoms with Gasteiger partial charge in [-0.05, 0) is 47.1 Å². The first-order chi connectivity index (χ1) is 14.8. The smallest absolute Gasteiger partial charge is 0.189 e. The van der Waals surface area contributed by atoms with Crippen LogP contribution in [0.3, 0.4) is 0 Å². The van der Waals surface area contributed by atoms with E-state index in [9.17, 15) is 4.79 Å². The van der Waals surface area contributed by atoms with Gasteiger partial charge in [-0.25, -0.2) is 0 Å². The molecule has 2 N–H and O–H groups in total. The number of fused-ring (bicyclic) bond motifs is 1. The van der Waals surface area contributed by atoms with Gasteiger partial charge in [0, 0.05) is 41.5 Å². The van der Waals surface area contributed by atoms with Crippen LogP contribution >= 0.6 is 0 Å². The van der Waals surface area contributed by atoms with E-state index in [1.54, 1.807) is 30.9 Å². The minimum atomic E-state index is -0.0200. The van der Waals surface area contributed by atoms with Crippen molar-refractivity contribution in [3.05, 3.63) is 87.9 Å². The Morgan fingerprint density at radius 2 is 2.07 bits per heavy atom. The van der Waals surface area contributed by atoms with E-state index >= 15 is 0 Å². The topological polar surface area (TPSA) is 70.4 Å². The molecule has 0 saturated heterocycles. The van der Waals surface area contributed by atoms with Crippen LogP contribution in [0, 0.1) is 0 Å². The SMILES string of the molecule is O=c1cc(CNC=C2CN=Cc3ccc(C4CCCC4)cc32)[nH]cc1-c1ccoc1. The second kappa shape index (κ2) is 8.19. The third-order valence-corrected chi connectivity index (χ3v) is 6.12. The molecule has 5 nitrogen and oxygen atoms in total. The fourth-order valence-electron chi connectivity index (χ4n) is 4.47. The maximum Gasteiger partial charge on any atom is 0.189 e. The minimum absolute atomic E-state index is 0.0200. The van der Waals surface area contributed by atoms with Crippen molar-refractivity contribution in [2.75, 3.05) is 6.54 Å². The van der Waals surface area contributed by atoms with Crippen molar-refractivity contribution in [3.8, 4) is 11.1 Å². The second-order valence-corrected chi connectivity index (χ2v) is 8.10. The first-order valence-electron chi connectivity index (χ1n) is 10.6. The van der Waals surface area contributed by atoms with E-state index in [0.717, 1.165) is 11.3 Å². The lowest BCUT2D eigenvalue weighted by Crippen LogP contribution is -2.14. The molecule has 3 heterocycles. The third kappa shape index (κ3) is 3.75. The number of hydrogen-bond donors (Lipinski definition) is 2. The molecule has 1 saturated carbocycles. The molecule has 0 bridgehead atoms. The summed E-state index contributed by atoms with van der Waals surface area (Å²) in [6.45, 7) is 1.22. The van der Waals surface area contributed by atoms with E-state index in [1.165, 1.54) is 47.9 Å². The molecule has 1 aliphatic carbocycles. The zero-order valence-electron chi connectivity index (χ0n) is 16.9. The normalized spacial score (nSPS) is 17.4. The number of nitrogens with zero attached hydrogens (tertiary/aromatic N) is 1. The van der Waals surface area contributed by atoms with Crippen LogP contribution < -0.4 is 10.7 Å². The number of aliphatic imine (C=N–C) groups is 1. The summed E-state index contributed by atoms with van der Waals surface area (Å²) in [6.07, 6.45) is 14.2. The van der Waals surface area contributed by atoms with E-state index < -0.39 is 0 Å². The van der Waals surface area contributed by atoms with Crippen molar-refractivity contribution in [1.82, 2.24) is 10.3 Å². The van der Waals surface area contributed by atoms with Crippen LogP contribution in [0.5, 0.6) is 0 Å². The lowest BCUT2D eigenvalue weighted by atomic mass is 9.90. The monoisotopic (exact) mass is 399 g/mol. The number of hydrogen-bond acceptors (Lipinski definition) is 4. The van der Waals surface area contributed by atoms with Gasteiger partial charge in [0.2, 0.25) is 0 Å². The maximum absolute atomic E-state index is 12.4. The Labute approximate surface area is 175 Å². The van der Waals surface area contributed by atoms with Gasteiger partial charge in [0.15, 0.2) is 5.43 Å². The summed E-state index contributed by atoms with van der Waals surface area (Å²) in [5.41, 5.74) is 7.29. The number of H-pyrrole nitrogens is 1. The zero-order valence-corrected chi connectivity index (χ0v) is 16.9. The molecule has 0 spiro atoms. The van der Waals surface area contributed by atoms with E-state index in [0.29, 0.717) is 24.6 Å². The summed E-state index contributed by atoms with van der Waals surface area (Å²) in [7, 11) is 0. The molecule has 1 aliphatic heterocycles. The highest BCUT2D eigenvalue weighted by molar-refractivity contribution is 5.92. The van der Waals surface area contributed by atoms with Gasteiger partial charge >= 0.3 is 0 Å². The molecule has 0 amide bonds. The van der Waals surface area contributed by atoms with Crippen LogP contribution in [0.1, 0.15) is 54.0 Å². The number of rotatable bonds is 5. The van der Waals surface area contributed by atoms with Crippen molar-refractivity contribution in [2.45, 2.75) is 38.1 Å². The van der Waals surface area contributed by atoms with Gasteiger partial charge in [-0.15, -0.1) is 0 Å². The number of furan rings is 1. The summed E-state index contributed by atoms with van der Waals surface area (Å²) < 4.78 is 5.07. The highest BCUT2D eigenvalue weighted by Crippen LogP contribution is 2.36. The fraction of sp³-hybridized carbons (Fsp3) is 0.280. The van der Waals surface area contributed by atoms with Gasteiger partial charge in [0.05, 0.1) is 25.6 Å². The molecule has 5 rings (SSSR count). The second-order valence-electron chi connectivity index (χ2n) is 8.10. The average molecular weight is 399 g/mol. The van der Waals surface area contributed by atoms with E-state index in [4.69, 9.17) is 4.42 Å². The molecule has 1 fully saturated rings. The summed E-state index contributed by atoms with van der Waals surface area (Å²) in [6, 6.07) is 10.2. The molecule has 2 aromatic heterocycles. The lowest BCUT2D eigenvalue weighted by Gasteiger charge is -2.18. The summed E-state index contributed by atoms with van der Waals surface area (Å²) in [5, 5.41) is 3.36. The van der Waals surface area contributed by atoms with Crippen LogP contribution in [0.25, 0.3) is 16.7 Å². The van der Waals surface area contributed by atoms with E-state index in [1.807, 2.05) is 12.4 Å². The van der Waals surface area contributed by atoms with Gasteiger partial charge in [0.1, 0.15) is 0 Å². The predicted molar refractivity (Wildman–Crippen MR) is 120 cm³/mol. The molecule has 5 heteroatoms. The Bertz CT molecular complexity index is 1150. The minimum Gasteiger partial charge on any atom is -0.472 e. The molecule has 3 aromatic rings. The Morgan fingerprint density at radius 3 is 2.87 bits per heavy atom. The highest BCUT2D eigenvalue weighted by Gasteiger charge is 2.19. The number of benzene rings is 1. The first-order valence-corrected chi connectivity index (χ1v) is 10.6. The molecule has 0 unspecified atom stereocenters. The Kier molecular flexibility index (Phi) is 5.10. The number of pyridine rings is 1. The molecular formula is C25H25N3O2. The van der Waals surface area contributed by atoms with Gasteiger partial charge in [-0.2, -0.15) is 0 Å². The molecule has 0 atom stereocenters. The van der Waals surface area contributed by atoms with Gasteiger partial charge < -0.3 is 14.7 Å². The Morgan fingerprint density at radius 1 is 1.17 bits per heavy atom. The largest absolute Gasteiger partial charge is 0.472 e. The lowest BCUT2D eigenvalue weighted by molar-refractivity contribution is 0.568.